The molecule has 0 spiro atoms. The van der Waals surface area contributed by atoms with E-state index in [1.165, 1.54) is 0 Å². The molecule has 0 aromatic carbocycles. The predicted octanol–water partition coefficient (Wildman–Crippen LogP) is -0.0418. The van der Waals surface area contributed by atoms with E-state index >= 15 is 0 Å². The highest BCUT2D eigenvalue weighted by Gasteiger charge is 2.36. The Labute approximate surface area is 96.1 Å². The molecule has 2 heterocycles. The third-order valence-corrected chi connectivity index (χ3v) is 3.18. The molecule has 0 aromatic rings. The molecule has 92 valence electrons. The molecule has 1 N–H and O–H groups in total. The molecular formula is C11H20N2O3. The molecule has 1 amide bonds. The van der Waals surface area contributed by atoms with Crippen LogP contribution in [0.1, 0.15) is 20.3 Å². The average molecular weight is 228 g/mol. The van der Waals surface area contributed by atoms with Gasteiger partial charge in [0.1, 0.15) is 0 Å². The number of nitrogens with zero attached hydrogens (tertiary/aromatic N) is 1. The largest absolute Gasteiger partial charge is 0.376 e. The lowest BCUT2D eigenvalue weighted by Crippen LogP contribution is -2.44. The Hall–Kier alpha value is -0.650. The zero-order valence-corrected chi connectivity index (χ0v) is 9.94. The minimum atomic E-state index is -0.0282. The van der Waals surface area contributed by atoms with E-state index in [1.54, 1.807) is 0 Å². The van der Waals surface area contributed by atoms with Gasteiger partial charge in [-0.1, -0.05) is 6.92 Å². The van der Waals surface area contributed by atoms with Gasteiger partial charge in [-0.3, -0.25) is 10.1 Å². The molecule has 2 rings (SSSR count). The van der Waals surface area contributed by atoms with Crippen molar-refractivity contribution in [3.8, 4) is 0 Å². The molecule has 2 saturated heterocycles. The minimum Gasteiger partial charge on any atom is -0.376 e. The third-order valence-electron chi connectivity index (χ3n) is 3.18. The van der Waals surface area contributed by atoms with Gasteiger partial charge in [0.05, 0.1) is 44.7 Å². The molecule has 2 fully saturated rings. The van der Waals surface area contributed by atoms with Crippen molar-refractivity contribution in [3.63, 3.8) is 0 Å². The number of carbonyl (C=O) groups excluding carboxylic acids is 1. The highest BCUT2D eigenvalue weighted by Crippen LogP contribution is 2.15. The van der Waals surface area contributed by atoms with Gasteiger partial charge in [0.2, 0.25) is 5.91 Å². The summed E-state index contributed by atoms with van der Waals surface area (Å²) in [6.45, 7) is 6.54. The van der Waals surface area contributed by atoms with Crippen LogP contribution in [-0.4, -0.2) is 55.5 Å². The number of ether oxygens (including phenoxy) is 2. The summed E-state index contributed by atoms with van der Waals surface area (Å²) in [5, 5.41) is 3.27. The molecule has 3 atom stereocenters. The summed E-state index contributed by atoms with van der Waals surface area (Å²) in [7, 11) is 0. The van der Waals surface area contributed by atoms with Crippen molar-refractivity contribution in [2.24, 2.45) is 0 Å². The Bertz CT molecular complexity index is 254. The second-order valence-corrected chi connectivity index (χ2v) is 4.36. The smallest absolute Gasteiger partial charge is 0.241 e. The van der Waals surface area contributed by atoms with Crippen LogP contribution in [0.5, 0.6) is 0 Å². The number of carbonyl (C=O) groups is 1. The topological polar surface area (TPSA) is 50.8 Å². The summed E-state index contributed by atoms with van der Waals surface area (Å²) >= 11 is 0. The van der Waals surface area contributed by atoms with Gasteiger partial charge >= 0.3 is 0 Å². The molecule has 0 radical (unpaired) electrons. The Morgan fingerprint density at radius 3 is 2.88 bits per heavy atom. The number of hydrogen-bond acceptors (Lipinski definition) is 4. The van der Waals surface area contributed by atoms with Gasteiger partial charge in [-0.05, 0) is 13.3 Å². The van der Waals surface area contributed by atoms with Crippen molar-refractivity contribution in [1.29, 1.82) is 0 Å². The number of nitrogens with one attached hydrogen (secondary N) is 1. The van der Waals surface area contributed by atoms with Gasteiger partial charge in [0, 0.05) is 0 Å². The first-order valence-electron chi connectivity index (χ1n) is 5.98. The monoisotopic (exact) mass is 228 g/mol. The molecule has 16 heavy (non-hydrogen) atoms. The summed E-state index contributed by atoms with van der Waals surface area (Å²) in [6.07, 6.45) is 0.961. The van der Waals surface area contributed by atoms with Gasteiger partial charge in [-0.25, -0.2) is 0 Å². The molecule has 5 heteroatoms. The predicted molar refractivity (Wildman–Crippen MR) is 58.9 cm³/mol. The fraction of sp³-hybridized carbons (Fsp3) is 0.909. The van der Waals surface area contributed by atoms with Crippen molar-refractivity contribution in [2.45, 2.75) is 38.6 Å². The van der Waals surface area contributed by atoms with E-state index in [1.807, 2.05) is 18.7 Å². The van der Waals surface area contributed by atoms with Crippen molar-refractivity contribution < 1.29 is 14.3 Å². The zero-order valence-electron chi connectivity index (χ0n) is 9.94. The van der Waals surface area contributed by atoms with Crippen LogP contribution in [0.4, 0.5) is 0 Å². The average Bonchev–Trinajstić information content (AvgIpc) is 2.58. The molecule has 0 aliphatic carbocycles. The standard InChI is InChI=1S/C11H20N2O3/c1-3-10-11(14)13(8(2)12-10)6-9-7-15-4-5-16-9/h8-10,12H,3-7H2,1-2H3. The second-order valence-electron chi connectivity index (χ2n) is 4.36. The van der Waals surface area contributed by atoms with Crippen LogP contribution in [0.25, 0.3) is 0 Å². The molecule has 2 aliphatic heterocycles. The van der Waals surface area contributed by atoms with Gasteiger partial charge < -0.3 is 14.4 Å². The van der Waals surface area contributed by atoms with Crippen LogP contribution in [0.15, 0.2) is 0 Å². The summed E-state index contributed by atoms with van der Waals surface area (Å²) in [4.78, 5) is 13.8. The number of hydrogen-bond donors (Lipinski definition) is 1. The first kappa shape index (κ1) is 11.8. The van der Waals surface area contributed by atoms with Gasteiger partial charge in [-0.2, -0.15) is 0 Å². The van der Waals surface area contributed by atoms with E-state index in [0.717, 1.165) is 6.42 Å². The lowest BCUT2D eigenvalue weighted by molar-refractivity contribution is -0.136. The van der Waals surface area contributed by atoms with Crippen LogP contribution >= 0.6 is 0 Å². The normalized spacial score (nSPS) is 35.8. The maximum atomic E-state index is 12.0. The Kier molecular flexibility index (Phi) is 3.78. The van der Waals surface area contributed by atoms with Crippen molar-refractivity contribution in [2.75, 3.05) is 26.4 Å². The van der Waals surface area contributed by atoms with Crippen molar-refractivity contribution in [1.82, 2.24) is 10.2 Å². The van der Waals surface area contributed by atoms with Crippen LogP contribution in [0.3, 0.4) is 0 Å². The van der Waals surface area contributed by atoms with Crippen LogP contribution in [0, 0.1) is 0 Å². The van der Waals surface area contributed by atoms with Gasteiger partial charge in [0.15, 0.2) is 0 Å². The summed E-state index contributed by atoms with van der Waals surface area (Å²) in [6, 6.07) is -0.0282. The van der Waals surface area contributed by atoms with E-state index in [-0.39, 0.29) is 24.2 Å². The second kappa shape index (κ2) is 5.12. The van der Waals surface area contributed by atoms with E-state index in [9.17, 15) is 4.79 Å². The minimum absolute atomic E-state index is 0.0255. The quantitative estimate of drug-likeness (QED) is 0.736. The lowest BCUT2D eigenvalue weighted by atomic mass is 10.2. The Morgan fingerprint density at radius 2 is 2.31 bits per heavy atom. The van der Waals surface area contributed by atoms with E-state index in [0.29, 0.717) is 26.4 Å². The first-order chi connectivity index (χ1) is 7.72. The van der Waals surface area contributed by atoms with Crippen LogP contribution < -0.4 is 5.32 Å². The molecule has 5 nitrogen and oxygen atoms in total. The highest BCUT2D eigenvalue weighted by atomic mass is 16.6. The third kappa shape index (κ3) is 2.36. The molecule has 0 aromatic heterocycles. The molecule has 3 unspecified atom stereocenters. The van der Waals surface area contributed by atoms with Gasteiger partial charge in [0.25, 0.3) is 0 Å². The maximum absolute atomic E-state index is 12.0. The highest BCUT2D eigenvalue weighted by molar-refractivity contribution is 5.84. The van der Waals surface area contributed by atoms with Crippen LogP contribution in [-0.2, 0) is 14.3 Å². The fourth-order valence-electron chi connectivity index (χ4n) is 2.25. The lowest BCUT2D eigenvalue weighted by Gasteiger charge is -2.29. The summed E-state index contributed by atoms with van der Waals surface area (Å²) in [5.41, 5.74) is 0. The fourth-order valence-corrected chi connectivity index (χ4v) is 2.25. The van der Waals surface area contributed by atoms with Gasteiger partial charge in [-0.15, -0.1) is 0 Å². The summed E-state index contributed by atoms with van der Waals surface area (Å²) < 4.78 is 10.9. The Balaban J connectivity index is 1.90. The van der Waals surface area contributed by atoms with Crippen molar-refractivity contribution in [3.05, 3.63) is 0 Å². The van der Waals surface area contributed by atoms with E-state index < -0.39 is 0 Å². The molecular weight excluding hydrogens is 208 g/mol. The number of rotatable bonds is 3. The first-order valence-corrected chi connectivity index (χ1v) is 5.98. The van der Waals surface area contributed by atoms with E-state index in [2.05, 4.69) is 5.32 Å². The number of amides is 1. The Morgan fingerprint density at radius 1 is 1.50 bits per heavy atom. The maximum Gasteiger partial charge on any atom is 0.241 e. The van der Waals surface area contributed by atoms with E-state index in [4.69, 9.17) is 9.47 Å². The molecule has 2 aliphatic rings. The molecule has 0 bridgehead atoms. The van der Waals surface area contributed by atoms with Crippen molar-refractivity contribution >= 4 is 5.91 Å². The van der Waals surface area contributed by atoms with Crippen LogP contribution in [0.2, 0.25) is 0 Å². The summed E-state index contributed by atoms with van der Waals surface area (Å²) in [5.74, 6) is 0.184. The zero-order chi connectivity index (χ0) is 11.5. The molecule has 0 saturated carbocycles. The SMILES string of the molecule is CCC1NC(C)N(CC2COCCO2)C1=O.